The summed E-state index contributed by atoms with van der Waals surface area (Å²) in [5.41, 5.74) is -4.40. The third-order valence-corrected chi connectivity index (χ3v) is 17.9. The predicted molar refractivity (Wildman–Crippen MR) is 308 cm³/mol. The third-order valence-electron chi connectivity index (χ3n) is 17.6. The molecule has 1 aromatic heterocycles. The Morgan fingerprint density at radius 3 is 2.24 bits per heavy atom. The fourth-order valence-electron chi connectivity index (χ4n) is 12.4. The van der Waals surface area contributed by atoms with Crippen molar-refractivity contribution in [3.8, 4) is 0 Å². The number of methoxy groups -OCH3 is 1. The van der Waals surface area contributed by atoms with Gasteiger partial charge in [0.2, 0.25) is 5.43 Å². The lowest BCUT2D eigenvalue weighted by Crippen LogP contribution is -2.61. The van der Waals surface area contributed by atoms with E-state index in [1.54, 1.807) is 60.6 Å². The Morgan fingerprint density at radius 2 is 1.62 bits per heavy atom. The number of halogens is 1. The summed E-state index contributed by atoms with van der Waals surface area (Å²) in [7, 11) is 8.98. The van der Waals surface area contributed by atoms with Gasteiger partial charge in [-0.3, -0.25) is 14.4 Å². The molecule has 1 saturated carbocycles. The van der Waals surface area contributed by atoms with E-state index in [2.05, 4.69) is 5.32 Å². The number of rotatable bonds is 20. The van der Waals surface area contributed by atoms with Crippen LogP contribution in [-0.4, -0.2) is 228 Å². The molecule has 466 valence electrons. The number of benzene rings is 1. The maximum atomic E-state index is 14.6. The van der Waals surface area contributed by atoms with Gasteiger partial charge in [-0.2, -0.15) is 0 Å². The van der Waals surface area contributed by atoms with Crippen LogP contribution in [0.15, 0.2) is 23.1 Å². The molecule has 0 bridgehead atoms. The molecule has 4 fully saturated rings. The monoisotopic (exact) mass is 1180 g/mol. The highest BCUT2D eigenvalue weighted by molar-refractivity contribution is 6.34. The number of aliphatic hydroxyl groups excluding tert-OH is 2. The number of carbonyl (C=O) groups is 3. The average molecular weight is 1180 g/mol. The highest BCUT2D eigenvalue weighted by atomic mass is 35.5. The number of ether oxygens (including phenoxy) is 8. The minimum Gasteiger partial charge on any atom is -0.477 e. The summed E-state index contributed by atoms with van der Waals surface area (Å²) in [5, 5.41) is 61.8. The lowest BCUT2D eigenvalue weighted by atomic mass is 9.77. The number of carbonyl (C=O) groups excluding carboxylic acids is 2. The first-order chi connectivity index (χ1) is 38.3. The first-order valence-corrected chi connectivity index (χ1v) is 29.6. The molecule has 6 N–H and O–H groups in total. The molecule has 4 heterocycles. The number of nitrogens with one attached hydrogen (secondary N) is 1. The first-order valence-electron chi connectivity index (χ1n) is 29.2. The van der Waals surface area contributed by atoms with Crippen LogP contribution < -0.4 is 10.7 Å². The van der Waals surface area contributed by atoms with Gasteiger partial charge in [0, 0.05) is 75.3 Å². The second-order valence-corrected chi connectivity index (χ2v) is 25.3. The number of carboxylic acid groups (broad SMARTS) is 1. The summed E-state index contributed by atoms with van der Waals surface area (Å²) in [6, 6.07) is 2.53. The molecule has 82 heavy (non-hydrogen) atoms. The number of fused-ring (bicyclic) bond motifs is 1. The lowest BCUT2D eigenvalue weighted by Gasteiger charge is -2.49. The van der Waals surface area contributed by atoms with Gasteiger partial charge in [0.25, 0.3) is 0 Å². The first kappa shape index (κ1) is 67.5. The molecule has 6 rings (SSSR count). The van der Waals surface area contributed by atoms with Crippen LogP contribution in [0.4, 0.5) is 5.69 Å². The van der Waals surface area contributed by atoms with Gasteiger partial charge < -0.3 is 88.0 Å². The fourth-order valence-corrected chi connectivity index (χ4v) is 12.7. The van der Waals surface area contributed by atoms with E-state index in [1.807, 2.05) is 61.3 Å². The van der Waals surface area contributed by atoms with Gasteiger partial charge in [0.05, 0.1) is 71.8 Å². The van der Waals surface area contributed by atoms with Crippen molar-refractivity contribution in [2.75, 3.05) is 80.0 Å². The van der Waals surface area contributed by atoms with Crippen molar-refractivity contribution in [2.45, 2.75) is 211 Å². The number of aliphatic hydroxyl groups is 4. The second kappa shape index (κ2) is 28.3. The smallest absolute Gasteiger partial charge is 0.341 e. The Balaban J connectivity index is 1.11. The third kappa shape index (κ3) is 16.1. The molecular weight excluding hydrogens is 1090 g/mol. The number of aromatic nitrogens is 1. The summed E-state index contributed by atoms with van der Waals surface area (Å²) in [6.45, 7) is 19.8. The average Bonchev–Trinajstić information content (AvgIpc) is 2.57. The molecular formula is C59H96ClN5O17. The number of carboxylic acids is 1. The Labute approximate surface area is 488 Å². The summed E-state index contributed by atoms with van der Waals surface area (Å²) in [5.74, 6) is -4.71. The van der Waals surface area contributed by atoms with E-state index in [1.165, 1.54) is 20.2 Å². The van der Waals surface area contributed by atoms with Gasteiger partial charge in [-0.1, -0.05) is 32.4 Å². The zero-order valence-electron chi connectivity index (χ0n) is 51.0. The number of anilines is 1. The van der Waals surface area contributed by atoms with Crippen molar-refractivity contribution in [3.05, 3.63) is 39.1 Å². The van der Waals surface area contributed by atoms with E-state index in [9.17, 15) is 44.7 Å². The van der Waals surface area contributed by atoms with Crippen LogP contribution in [0.2, 0.25) is 5.02 Å². The summed E-state index contributed by atoms with van der Waals surface area (Å²) < 4.78 is 52.6. The number of hydrogen-bond donors (Lipinski definition) is 6. The van der Waals surface area contributed by atoms with Gasteiger partial charge in [0.1, 0.15) is 35.1 Å². The molecule has 1 aliphatic carbocycles. The van der Waals surface area contributed by atoms with Crippen LogP contribution >= 0.6 is 11.6 Å². The molecule has 2 aromatic rings. The number of nitrogens with zero attached hydrogens (tertiary/aromatic N) is 4. The van der Waals surface area contributed by atoms with Crippen molar-refractivity contribution >= 4 is 46.1 Å². The van der Waals surface area contributed by atoms with Gasteiger partial charge in [-0.25, -0.2) is 4.79 Å². The van der Waals surface area contributed by atoms with E-state index < -0.39 is 113 Å². The standard InChI is InChI=1S/C59H96ClN5O17/c1-16-45-59(10,74)51(69)36(6)64(14)30-32(2)28-57(8,73)52(82-56-49(68)44(62(11)12)25-33(3)77-56)34(4)50(35(5)55(72)79-45)81-47-29-58(9,75-15)53(37(7)78-47)80-46(66)19-23-76-24-22-63(13)21-20-61-42-26-39-43(27-41(42)60)65(38-17-18-38)31-40(48(39)67)54(70)71/h26-27,31-38,44-45,47,49-53,56,61,68-69,73-74H,16-25,28-30H2,1-15H3,(H,70,71)/t32-,33-,34+,35-,36-,37+,44+,45-,47+,49-,50+,51-,52-,53+,56+,57-,58-,59-/m1/s1. The van der Waals surface area contributed by atoms with Crippen molar-refractivity contribution in [1.29, 1.82) is 0 Å². The zero-order valence-corrected chi connectivity index (χ0v) is 51.7. The molecule has 0 spiro atoms. The fraction of sp³-hybridized carbons (Fsp3) is 0.797. The van der Waals surface area contributed by atoms with E-state index in [0.717, 1.165) is 12.8 Å². The predicted octanol–water partition coefficient (Wildman–Crippen LogP) is 4.90. The normalized spacial score (nSPS) is 36.7. The molecule has 1 aromatic carbocycles. The van der Waals surface area contributed by atoms with Crippen LogP contribution in [0.5, 0.6) is 0 Å². The molecule has 4 aliphatic rings. The van der Waals surface area contributed by atoms with Gasteiger partial charge in [-0.15, -0.1) is 0 Å². The van der Waals surface area contributed by atoms with E-state index in [0.29, 0.717) is 55.4 Å². The van der Waals surface area contributed by atoms with Gasteiger partial charge >= 0.3 is 17.9 Å². The summed E-state index contributed by atoms with van der Waals surface area (Å²) in [6.07, 6.45) is -6.04. The van der Waals surface area contributed by atoms with E-state index in [4.69, 9.17) is 49.5 Å². The molecule has 23 heteroatoms. The molecule has 18 atom stereocenters. The topological polar surface area (TPSA) is 270 Å². The molecule has 3 saturated heterocycles. The number of likely N-dealkylation sites (N-methyl/N-ethyl adjacent to an activating group) is 3. The Bertz CT molecular complexity index is 2530. The van der Waals surface area contributed by atoms with Crippen molar-refractivity contribution in [3.63, 3.8) is 0 Å². The number of hydrogen-bond acceptors (Lipinski definition) is 20. The minimum atomic E-state index is -1.87. The summed E-state index contributed by atoms with van der Waals surface area (Å²) in [4.78, 5) is 59.0. The Morgan fingerprint density at radius 1 is 0.939 bits per heavy atom. The van der Waals surface area contributed by atoms with Crippen LogP contribution in [0.3, 0.4) is 0 Å². The maximum Gasteiger partial charge on any atom is 0.341 e. The van der Waals surface area contributed by atoms with Gasteiger partial charge in [-0.05, 0) is 127 Å². The molecule has 0 radical (unpaired) electrons. The zero-order chi connectivity index (χ0) is 60.9. The molecule has 22 nitrogen and oxygen atoms in total. The maximum absolute atomic E-state index is 14.6. The van der Waals surface area contributed by atoms with Crippen LogP contribution in [0, 0.1) is 17.8 Å². The lowest BCUT2D eigenvalue weighted by molar-refractivity contribution is -0.318. The molecule has 0 unspecified atom stereocenters. The number of cyclic esters (lactones) is 1. The van der Waals surface area contributed by atoms with E-state index >= 15 is 0 Å². The molecule has 3 aliphatic heterocycles. The Hall–Kier alpha value is -3.59. The SMILES string of the molecule is CC[C@H]1OC(=O)[C@H](C)[C@@H](O[C@H]2C[C@@](C)(OC)[C@@H](OC(=O)CCOCCN(C)CCNc3cc4c(=O)c(C(=O)O)cn(C5CC5)c4cc3Cl)[C@H](C)O2)[C@H](C)[C@@H](O[C@@H]2O[C@H](C)C[C@H](N(C)C)[C@H]2O)[C@](C)(O)C[C@@H](C)CN(C)[C@H](C)[C@@H](O)[C@]1(C)O. The second-order valence-electron chi connectivity index (χ2n) is 24.9. The summed E-state index contributed by atoms with van der Waals surface area (Å²) >= 11 is 6.65. The highest BCUT2D eigenvalue weighted by Crippen LogP contribution is 2.42. The number of pyridine rings is 1. The number of aromatic carboxylic acids is 1. The molecule has 0 amide bonds. The van der Waals surface area contributed by atoms with Crippen LogP contribution in [0.25, 0.3) is 10.9 Å². The van der Waals surface area contributed by atoms with Crippen molar-refractivity contribution in [1.82, 2.24) is 19.3 Å². The quantitative estimate of drug-likeness (QED) is 0.0760. The van der Waals surface area contributed by atoms with Crippen molar-refractivity contribution in [2.24, 2.45) is 17.8 Å². The van der Waals surface area contributed by atoms with Crippen LogP contribution in [-0.2, 0) is 47.5 Å². The Kier molecular flexibility index (Phi) is 23.3. The van der Waals surface area contributed by atoms with Gasteiger partial charge in [0.15, 0.2) is 18.7 Å². The van der Waals surface area contributed by atoms with Crippen LogP contribution in [0.1, 0.15) is 131 Å². The number of esters is 2. The minimum absolute atomic E-state index is 0.0292. The van der Waals surface area contributed by atoms with Crippen molar-refractivity contribution < 1.29 is 77.8 Å². The highest BCUT2D eigenvalue weighted by Gasteiger charge is 2.54. The van der Waals surface area contributed by atoms with E-state index in [-0.39, 0.29) is 67.3 Å². The largest absolute Gasteiger partial charge is 0.477 e.